The summed E-state index contributed by atoms with van der Waals surface area (Å²) < 4.78 is 54.7. The summed E-state index contributed by atoms with van der Waals surface area (Å²) in [4.78, 5) is 11.1. The van der Waals surface area contributed by atoms with Crippen LogP contribution in [0.3, 0.4) is 0 Å². The molecule has 0 saturated heterocycles. The van der Waals surface area contributed by atoms with E-state index in [1.807, 2.05) is 0 Å². The largest absolute Gasteiger partial charge is 0.478 e. The molecule has 0 spiro atoms. The van der Waals surface area contributed by atoms with Crippen LogP contribution in [-0.4, -0.2) is 20.9 Å². The van der Waals surface area contributed by atoms with Crippen LogP contribution in [0.4, 0.5) is 23.2 Å². The molecule has 2 N–H and O–H groups in total. The maximum absolute atomic E-state index is 13.4. The molecule has 1 heterocycles. The molecule has 10 heteroatoms. The number of benzene rings is 3. The molecule has 0 unspecified atom stereocenters. The number of hydrogen-bond donors (Lipinski definition) is 2. The van der Waals surface area contributed by atoms with Crippen LogP contribution in [0.2, 0.25) is 0 Å². The van der Waals surface area contributed by atoms with Crippen LogP contribution >= 0.6 is 15.9 Å². The molecule has 0 fully saturated rings. The summed E-state index contributed by atoms with van der Waals surface area (Å²) >= 11 is 3.11. The molecule has 0 bridgehead atoms. The van der Waals surface area contributed by atoms with Crippen LogP contribution in [0, 0.1) is 5.82 Å². The van der Waals surface area contributed by atoms with E-state index in [0.29, 0.717) is 22.5 Å². The number of carbonyl (C=O) groups is 1. The Morgan fingerprint density at radius 3 is 2.32 bits per heavy atom. The van der Waals surface area contributed by atoms with Crippen molar-refractivity contribution < 1.29 is 27.5 Å². The maximum Gasteiger partial charge on any atom is 0.416 e. The first-order chi connectivity index (χ1) is 16.1. The molecule has 1 aromatic heterocycles. The van der Waals surface area contributed by atoms with Gasteiger partial charge in [0, 0.05) is 34.0 Å². The molecule has 0 atom stereocenters. The third-order valence-electron chi connectivity index (χ3n) is 4.99. The topological polar surface area (TPSA) is 67.2 Å². The van der Waals surface area contributed by atoms with Gasteiger partial charge in [0.2, 0.25) is 0 Å². The number of hydrogen-bond acceptors (Lipinski definition) is 3. The average Bonchev–Trinajstić information content (AvgIpc) is 3.21. The van der Waals surface area contributed by atoms with E-state index in [-0.39, 0.29) is 22.3 Å². The molecule has 0 aliphatic rings. The fourth-order valence-electron chi connectivity index (χ4n) is 3.33. The number of aromatic carboxylic acids is 1. The van der Waals surface area contributed by atoms with Crippen molar-refractivity contribution in [3.8, 4) is 16.9 Å². The summed E-state index contributed by atoms with van der Waals surface area (Å²) in [6.45, 7) is 0.133. The summed E-state index contributed by atoms with van der Waals surface area (Å²) in [7, 11) is 0. The number of nitrogens with one attached hydrogen (secondary N) is 1. The molecular formula is C24H16BrF4N3O2. The highest BCUT2D eigenvalue weighted by molar-refractivity contribution is 9.10. The Bertz CT molecular complexity index is 1330. The number of aromatic nitrogens is 2. The van der Waals surface area contributed by atoms with Gasteiger partial charge in [-0.2, -0.15) is 18.3 Å². The van der Waals surface area contributed by atoms with Crippen LogP contribution in [-0.2, 0) is 12.7 Å². The number of halogens is 5. The fraction of sp³-hybridized carbons (Fsp3) is 0.0833. The lowest BCUT2D eigenvalue weighted by atomic mass is 10.1. The molecule has 0 saturated carbocycles. The first-order valence-electron chi connectivity index (χ1n) is 9.90. The van der Waals surface area contributed by atoms with Crippen molar-refractivity contribution in [3.63, 3.8) is 0 Å². The van der Waals surface area contributed by atoms with Crippen LogP contribution in [0.25, 0.3) is 16.9 Å². The lowest BCUT2D eigenvalue weighted by Gasteiger charge is -2.12. The van der Waals surface area contributed by atoms with Crippen molar-refractivity contribution in [2.24, 2.45) is 0 Å². The van der Waals surface area contributed by atoms with Gasteiger partial charge >= 0.3 is 12.1 Å². The van der Waals surface area contributed by atoms with Gasteiger partial charge in [-0.3, -0.25) is 0 Å². The Balaban J connectivity index is 1.69. The predicted molar refractivity (Wildman–Crippen MR) is 122 cm³/mol. The second kappa shape index (κ2) is 9.30. The van der Waals surface area contributed by atoms with E-state index >= 15 is 0 Å². The summed E-state index contributed by atoms with van der Waals surface area (Å²) in [6, 6.07) is 15.3. The van der Waals surface area contributed by atoms with Gasteiger partial charge in [0.15, 0.2) is 0 Å². The second-order valence-corrected chi connectivity index (χ2v) is 8.30. The maximum atomic E-state index is 13.4. The van der Waals surface area contributed by atoms with Crippen LogP contribution in [0.1, 0.15) is 21.5 Å². The Morgan fingerprint density at radius 1 is 1.03 bits per heavy atom. The monoisotopic (exact) mass is 533 g/mol. The number of alkyl halides is 3. The molecule has 174 valence electrons. The zero-order valence-corrected chi connectivity index (χ0v) is 18.9. The molecular weight excluding hydrogens is 518 g/mol. The van der Waals surface area contributed by atoms with Crippen molar-refractivity contribution in [2.45, 2.75) is 12.7 Å². The summed E-state index contributed by atoms with van der Waals surface area (Å²) in [5.41, 5.74) is 1.92. The molecule has 4 rings (SSSR count). The standard InChI is InChI=1S/C24H16BrF4N3O2/c25-18-9-17(24(27,28)29)10-20(11-18)30-12-16-13-32(21-7-3-15(4-8-21)23(33)34)31-22(16)14-1-5-19(26)6-2-14/h1-11,13,30H,12H2,(H,33,34). The summed E-state index contributed by atoms with van der Waals surface area (Å²) in [5.74, 6) is -1.47. The van der Waals surface area contributed by atoms with Gasteiger partial charge in [-0.25, -0.2) is 13.9 Å². The zero-order chi connectivity index (χ0) is 24.5. The van der Waals surface area contributed by atoms with E-state index in [0.717, 1.165) is 12.1 Å². The van der Waals surface area contributed by atoms with Gasteiger partial charge in [0.05, 0.1) is 22.5 Å². The third kappa shape index (κ3) is 5.28. The van der Waals surface area contributed by atoms with Gasteiger partial charge in [0.25, 0.3) is 0 Å². The van der Waals surface area contributed by atoms with Crippen molar-refractivity contribution in [1.29, 1.82) is 0 Å². The lowest BCUT2D eigenvalue weighted by Crippen LogP contribution is -2.07. The summed E-state index contributed by atoms with van der Waals surface area (Å²) in [5, 5.41) is 16.6. The average molecular weight is 534 g/mol. The normalized spacial score (nSPS) is 11.4. The van der Waals surface area contributed by atoms with E-state index < -0.39 is 23.5 Å². The molecule has 5 nitrogen and oxygen atoms in total. The van der Waals surface area contributed by atoms with Crippen molar-refractivity contribution >= 4 is 27.6 Å². The first kappa shape index (κ1) is 23.5. The van der Waals surface area contributed by atoms with Crippen LogP contribution in [0.5, 0.6) is 0 Å². The second-order valence-electron chi connectivity index (χ2n) is 7.39. The fourth-order valence-corrected chi connectivity index (χ4v) is 3.82. The van der Waals surface area contributed by atoms with Crippen molar-refractivity contribution in [3.05, 3.63) is 99.9 Å². The molecule has 3 aromatic carbocycles. The van der Waals surface area contributed by atoms with Gasteiger partial charge < -0.3 is 10.4 Å². The SMILES string of the molecule is O=C(O)c1ccc(-n2cc(CNc3cc(Br)cc(C(F)(F)F)c3)c(-c3ccc(F)cc3)n2)cc1. The zero-order valence-electron chi connectivity index (χ0n) is 17.3. The Morgan fingerprint density at radius 2 is 1.71 bits per heavy atom. The van der Waals surface area contributed by atoms with Crippen molar-refractivity contribution in [1.82, 2.24) is 9.78 Å². The van der Waals surface area contributed by atoms with E-state index in [1.165, 1.54) is 35.0 Å². The predicted octanol–water partition coefficient (Wildman–Crippen LogP) is 6.77. The number of anilines is 1. The number of carboxylic acids is 1. The quantitative estimate of drug-likeness (QED) is 0.268. The lowest BCUT2D eigenvalue weighted by molar-refractivity contribution is -0.137. The Labute approximate surface area is 199 Å². The molecule has 0 aliphatic carbocycles. The molecule has 34 heavy (non-hydrogen) atoms. The van der Waals surface area contributed by atoms with E-state index in [4.69, 9.17) is 5.11 Å². The molecule has 4 aromatic rings. The van der Waals surface area contributed by atoms with Crippen LogP contribution in [0.15, 0.2) is 77.4 Å². The minimum atomic E-state index is -4.49. The minimum absolute atomic E-state index is 0.117. The summed E-state index contributed by atoms with van der Waals surface area (Å²) in [6.07, 6.45) is -2.81. The van der Waals surface area contributed by atoms with Gasteiger partial charge in [-0.1, -0.05) is 15.9 Å². The van der Waals surface area contributed by atoms with Gasteiger partial charge in [-0.15, -0.1) is 0 Å². The Hall–Kier alpha value is -3.66. The number of carboxylic acid groups (broad SMARTS) is 1. The van der Waals surface area contributed by atoms with Crippen molar-refractivity contribution in [2.75, 3.05) is 5.32 Å². The van der Waals surface area contributed by atoms with E-state index in [1.54, 1.807) is 30.5 Å². The van der Waals surface area contributed by atoms with Gasteiger partial charge in [-0.05, 0) is 66.7 Å². The highest BCUT2D eigenvalue weighted by atomic mass is 79.9. The Kier molecular flexibility index (Phi) is 6.43. The highest BCUT2D eigenvalue weighted by Gasteiger charge is 2.31. The molecule has 0 aliphatic heterocycles. The van der Waals surface area contributed by atoms with E-state index in [2.05, 4.69) is 26.3 Å². The minimum Gasteiger partial charge on any atom is -0.478 e. The number of rotatable bonds is 6. The van der Waals surface area contributed by atoms with E-state index in [9.17, 15) is 22.4 Å². The highest BCUT2D eigenvalue weighted by Crippen LogP contribution is 2.34. The van der Waals surface area contributed by atoms with Gasteiger partial charge in [0.1, 0.15) is 5.82 Å². The first-order valence-corrected chi connectivity index (χ1v) is 10.7. The molecule has 0 radical (unpaired) electrons. The third-order valence-corrected chi connectivity index (χ3v) is 5.45. The smallest absolute Gasteiger partial charge is 0.416 e. The number of nitrogens with zero attached hydrogens (tertiary/aromatic N) is 2. The van der Waals surface area contributed by atoms with Crippen LogP contribution < -0.4 is 5.32 Å². The molecule has 0 amide bonds.